The Morgan fingerprint density at radius 1 is 1.39 bits per heavy atom. The molecule has 0 bridgehead atoms. The summed E-state index contributed by atoms with van der Waals surface area (Å²) in [6, 6.07) is 5.81. The van der Waals surface area contributed by atoms with Crippen molar-refractivity contribution in [3.63, 3.8) is 0 Å². The van der Waals surface area contributed by atoms with Crippen LogP contribution in [0, 0.1) is 12.7 Å². The molecule has 1 aromatic carbocycles. The lowest BCUT2D eigenvalue weighted by Gasteiger charge is -2.07. The maximum atomic E-state index is 13.3. The second-order valence-corrected chi connectivity index (χ2v) is 4.23. The molecule has 5 heteroatoms. The lowest BCUT2D eigenvalue weighted by molar-refractivity contribution is 0.0690. The molecule has 0 aliphatic heterocycles. The molecule has 3 nitrogen and oxygen atoms in total. The fourth-order valence-corrected chi connectivity index (χ4v) is 1.82. The predicted molar refractivity (Wildman–Crippen MR) is 66.3 cm³/mol. The third-order valence-corrected chi connectivity index (χ3v) is 2.85. The van der Waals surface area contributed by atoms with Crippen molar-refractivity contribution >= 4 is 17.6 Å². The second-order valence-electron chi connectivity index (χ2n) is 3.82. The number of hydrogen-bond acceptors (Lipinski definition) is 2. The first-order valence-electron chi connectivity index (χ1n) is 5.14. The van der Waals surface area contributed by atoms with Crippen molar-refractivity contribution in [1.29, 1.82) is 0 Å². The number of aryl methyl sites for hydroxylation is 1. The van der Waals surface area contributed by atoms with Crippen LogP contribution < -0.4 is 0 Å². The van der Waals surface area contributed by atoms with Crippen molar-refractivity contribution in [3.8, 4) is 11.1 Å². The summed E-state index contributed by atoms with van der Waals surface area (Å²) in [4.78, 5) is 14.5. The summed E-state index contributed by atoms with van der Waals surface area (Å²) >= 11 is 5.95. The van der Waals surface area contributed by atoms with E-state index in [-0.39, 0.29) is 16.5 Å². The molecule has 18 heavy (non-hydrogen) atoms. The summed E-state index contributed by atoms with van der Waals surface area (Å²) in [6.07, 6.45) is 1.40. The van der Waals surface area contributed by atoms with Gasteiger partial charge in [-0.3, -0.25) is 0 Å². The van der Waals surface area contributed by atoms with Gasteiger partial charge in [0.25, 0.3) is 0 Å². The van der Waals surface area contributed by atoms with E-state index in [9.17, 15) is 9.18 Å². The highest BCUT2D eigenvalue weighted by Crippen LogP contribution is 2.29. The molecule has 0 saturated heterocycles. The Kier molecular flexibility index (Phi) is 3.30. The van der Waals surface area contributed by atoms with Crippen LogP contribution in [0.3, 0.4) is 0 Å². The maximum Gasteiger partial charge on any atom is 0.354 e. The fourth-order valence-electron chi connectivity index (χ4n) is 1.56. The highest BCUT2D eigenvalue weighted by atomic mass is 35.5. The minimum Gasteiger partial charge on any atom is -0.477 e. The van der Waals surface area contributed by atoms with Crippen LogP contribution >= 0.6 is 11.6 Å². The summed E-state index contributed by atoms with van der Waals surface area (Å²) in [5.74, 6) is -1.47. The van der Waals surface area contributed by atoms with Crippen molar-refractivity contribution in [1.82, 2.24) is 4.98 Å². The number of carbonyl (C=O) groups is 1. The van der Waals surface area contributed by atoms with Crippen LogP contribution in [0.4, 0.5) is 4.39 Å². The second kappa shape index (κ2) is 4.74. The van der Waals surface area contributed by atoms with E-state index >= 15 is 0 Å². The van der Waals surface area contributed by atoms with Gasteiger partial charge in [0.15, 0.2) is 0 Å². The van der Waals surface area contributed by atoms with E-state index in [0.29, 0.717) is 16.7 Å². The van der Waals surface area contributed by atoms with Crippen LogP contribution in [0.1, 0.15) is 16.1 Å². The first kappa shape index (κ1) is 12.5. The van der Waals surface area contributed by atoms with Crippen LogP contribution in [0.2, 0.25) is 5.02 Å². The van der Waals surface area contributed by atoms with Crippen molar-refractivity contribution in [2.45, 2.75) is 6.92 Å². The van der Waals surface area contributed by atoms with Crippen molar-refractivity contribution in [3.05, 3.63) is 52.6 Å². The Hall–Kier alpha value is -1.94. The molecular formula is C13H9ClFNO2. The SMILES string of the molecule is Cc1cc(-c2ccc(C(=O)O)nc2)c(Cl)cc1F. The molecule has 0 aliphatic carbocycles. The van der Waals surface area contributed by atoms with E-state index in [1.54, 1.807) is 19.1 Å². The number of halogens is 2. The summed E-state index contributed by atoms with van der Waals surface area (Å²) in [6.45, 7) is 1.63. The van der Waals surface area contributed by atoms with Gasteiger partial charge in [-0.05, 0) is 30.7 Å². The molecular weight excluding hydrogens is 257 g/mol. The van der Waals surface area contributed by atoms with Gasteiger partial charge in [0.05, 0.1) is 5.02 Å². The Morgan fingerprint density at radius 3 is 2.67 bits per heavy atom. The number of pyridine rings is 1. The Bertz CT molecular complexity index is 611. The van der Waals surface area contributed by atoms with Gasteiger partial charge in [-0.15, -0.1) is 0 Å². The number of nitrogens with zero attached hydrogens (tertiary/aromatic N) is 1. The number of carboxylic acids is 1. The van der Waals surface area contributed by atoms with Crippen LogP contribution in [0.15, 0.2) is 30.5 Å². The zero-order chi connectivity index (χ0) is 13.3. The quantitative estimate of drug-likeness (QED) is 0.903. The average molecular weight is 266 g/mol. The molecule has 1 aromatic heterocycles. The van der Waals surface area contributed by atoms with Crippen molar-refractivity contribution in [2.24, 2.45) is 0 Å². The Labute approximate surface area is 108 Å². The molecule has 0 unspecified atom stereocenters. The number of rotatable bonds is 2. The first-order chi connectivity index (χ1) is 8.49. The third-order valence-electron chi connectivity index (χ3n) is 2.54. The fraction of sp³-hybridized carbons (Fsp3) is 0.0769. The molecule has 0 saturated carbocycles. The number of hydrogen-bond donors (Lipinski definition) is 1. The molecule has 0 fully saturated rings. The van der Waals surface area contributed by atoms with E-state index in [4.69, 9.17) is 16.7 Å². The highest BCUT2D eigenvalue weighted by molar-refractivity contribution is 6.33. The largest absolute Gasteiger partial charge is 0.477 e. The van der Waals surface area contributed by atoms with Crippen LogP contribution in [0.5, 0.6) is 0 Å². The Morgan fingerprint density at radius 2 is 2.11 bits per heavy atom. The zero-order valence-electron chi connectivity index (χ0n) is 9.45. The number of carboxylic acid groups (broad SMARTS) is 1. The number of benzene rings is 1. The van der Waals surface area contributed by atoms with Gasteiger partial charge in [0, 0.05) is 17.3 Å². The lowest BCUT2D eigenvalue weighted by atomic mass is 10.0. The highest BCUT2D eigenvalue weighted by Gasteiger charge is 2.10. The average Bonchev–Trinajstić information content (AvgIpc) is 2.34. The minimum absolute atomic E-state index is 0.0475. The van der Waals surface area contributed by atoms with E-state index in [2.05, 4.69) is 4.98 Å². The molecule has 0 aliphatic rings. The van der Waals surface area contributed by atoms with Gasteiger partial charge in [0.1, 0.15) is 11.5 Å². The zero-order valence-corrected chi connectivity index (χ0v) is 10.2. The molecule has 0 radical (unpaired) electrons. The number of aromatic nitrogens is 1. The summed E-state index contributed by atoms with van der Waals surface area (Å²) in [7, 11) is 0. The predicted octanol–water partition coefficient (Wildman–Crippen LogP) is 3.55. The maximum absolute atomic E-state index is 13.3. The summed E-state index contributed by atoms with van der Waals surface area (Å²) in [5, 5.41) is 9.01. The molecule has 2 aromatic rings. The van der Waals surface area contributed by atoms with Gasteiger partial charge in [0.2, 0.25) is 0 Å². The van der Waals surface area contributed by atoms with Gasteiger partial charge in [-0.25, -0.2) is 14.2 Å². The first-order valence-corrected chi connectivity index (χ1v) is 5.52. The minimum atomic E-state index is -1.09. The van der Waals surface area contributed by atoms with E-state index in [1.165, 1.54) is 18.3 Å². The van der Waals surface area contributed by atoms with Crippen LogP contribution in [-0.4, -0.2) is 16.1 Å². The topological polar surface area (TPSA) is 50.2 Å². The van der Waals surface area contributed by atoms with E-state index < -0.39 is 5.97 Å². The lowest BCUT2D eigenvalue weighted by Crippen LogP contribution is -1.99. The summed E-state index contributed by atoms with van der Waals surface area (Å²) < 4.78 is 13.3. The van der Waals surface area contributed by atoms with E-state index in [0.717, 1.165) is 0 Å². The smallest absolute Gasteiger partial charge is 0.354 e. The molecule has 1 N–H and O–H groups in total. The Balaban J connectivity index is 2.49. The standard InChI is InChI=1S/C13H9ClFNO2/c1-7-4-9(10(14)5-11(7)15)8-2-3-12(13(17)18)16-6-8/h2-6H,1H3,(H,17,18). The normalized spacial score (nSPS) is 10.4. The van der Waals surface area contributed by atoms with Crippen molar-refractivity contribution in [2.75, 3.05) is 0 Å². The molecule has 0 amide bonds. The van der Waals surface area contributed by atoms with Crippen molar-refractivity contribution < 1.29 is 14.3 Å². The van der Waals surface area contributed by atoms with Gasteiger partial charge in [-0.2, -0.15) is 0 Å². The van der Waals surface area contributed by atoms with Gasteiger partial charge in [-0.1, -0.05) is 17.7 Å². The molecule has 2 rings (SSSR count). The molecule has 0 spiro atoms. The van der Waals surface area contributed by atoms with Crippen LogP contribution in [-0.2, 0) is 0 Å². The molecule has 0 atom stereocenters. The van der Waals surface area contributed by atoms with E-state index in [1.807, 2.05) is 0 Å². The molecule has 1 heterocycles. The van der Waals surface area contributed by atoms with Gasteiger partial charge >= 0.3 is 5.97 Å². The molecule has 92 valence electrons. The summed E-state index contributed by atoms with van der Waals surface area (Å²) in [5.41, 5.74) is 1.69. The monoisotopic (exact) mass is 265 g/mol. The van der Waals surface area contributed by atoms with Crippen LogP contribution in [0.25, 0.3) is 11.1 Å². The van der Waals surface area contributed by atoms with Gasteiger partial charge < -0.3 is 5.11 Å². The number of aromatic carboxylic acids is 1. The third kappa shape index (κ3) is 2.33.